The first-order valence-electron chi connectivity index (χ1n) is 7.00. The minimum Gasteiger partial charge on any atom is -0.324 e. The summed E-state index contributed by atoms with van der Waals surface area (Å²) in [6.07, 6.45) is 3.87. The number of rotatable bonds is 2. The standard InChI is InChI=1S/C16H24BrN/c1-10-4-6-13(8-12(10)3)16(18)15-9-14(17)7-5-11(15)2/h5,7,9-10,12-13,16H,4,6,8,18H2,1-3H3. The van der Waals surface area contributed by atoms with E-state index in [0.717, 1.165) is 16.3 Å². The molecule has 1 nitrogen and oxygen atoms in total. The zero-order valence-electron chi connectivity index (χ0n) is 11.6. The molecule has 4 atom stereocenters. The van der Waals surface area contributed by atoms with Crippen LogP contribution in [0.15, 0.2) is 22.7 Å². The van der Waals surface area contributed by atoms with Crippen LogP contribution in [-0.2, 0) is 0 Å². The highest BCUT2D eigenvalue weighted by Gasteiger charge is 2.29. The minimum atomic E-state index is 0.192. The normalized spacial score (nSPS) is 30.2. The number of nitrogens with two attached hydrogens (primary N) is 1. The predicted molar refractivity (Wildman–Crippen MR) is 81.5 cm³/mol. The Morgan fingerprint density at radius 3 is 2.61 bits per heavy atom. The molecule has 0 bridgehead atoms. The summed E-state index contributed by atoms with van der Waals surface area (Å²) in [7, 11) is 0. The molecule has 1 saturated carbocycles. The molecule has 4 unspecified atom stereocenters. The fourth-order valence-corrected chi connectivity index (χ4v) is 3.52. The predicted octanol–water partition coefficient (Wildman–Crippen LogP) is 4.83. The molecule has 1 aromatic carbocycles. The Morgan fingerprint density at radius 2 is 1.94 bits per heavy atom. The summed E-state index contributed by atoms with van der Waals surface area (Å²) in [6, 6.07) is 6.64. The minimum absolute atomic E-state index is 0.192. The molecule has 1 aliphatic carbocycles. The van der Waals surface area contributed by atoms with Gasteiger partial charge in [0.25, 0.3) is 0 Å². The van der Waals surface area contributed by atoms with Gasteiger partial charge in [-0.25, -0.2) is 0 Å². The van der Waals surface area contributed by atoms with Gasteiger partial charge in [0.1, 0.15) is 0 Å². The van der Waals surface area contributed by atoms with Gasteiger partial charge >= 0.3 is 0 Å². The van der Waals surface area contributed by atoms with E-state index in [1.54, 1.807) is 0 Å². The summed E-state index contributed by atoms with van der Waals surface area (Å²) in [5.41, 5.74) is 9.16. The van der Waals surface area contributed by atoms with Crippen molar-refractivity contribution < 1.29 is 0 Å². The third-order valence-corrected chi connectivity index (χ3v) is 5.24. The Balaban J connectivity index is 2.16. The average molecular weight is 310 g/mol. The lowest BCUT2D eigenvalue weighted by atomic mass is 9.72. The zero-order valence-corrected chi connectivity index (χ0v) is 13.2. The molecule has 0 heterocycles. The number of hydrogen-bond acceptors (Lipinski definition) is 1. The lowest BCUT2D eigenvalue weighted by Crippen LogP contribution is -2.29. The Morgan fingerprint density at radius 1 is 1.22 bits per heavy atom. The van der Waals surface area contributed by atoms with Crippen LogP contribution in [0.25, 0.3) is 0 Å². The van der Waals surface area contributed by atoms with Gasteiger partial charge in [0.15, 0.2) is 0 Å². The van der Waals surface area contributed by atoms with E-state index in [4.69, 9.17) is 5.73 Å². The van der Waals surface area contributed by atoms with Crippen molar-refractivity contribution in [2.45, 2.75) is 46.1 Å². The van der Waals surface area contributed by atoms with Gasteiger partial charge in [-0.2, -0.15) is 0 Å². The van der Waals surface area contributed by atoms with E-state index in [1.165, 1.54) is 30.4 Å². The Hall–Kier alpha value is -0.340. The molecule has 1 aromatic rings. The van der Waals surface area contributed by atoms with Crippen LogP contribution in [-0.4, -0.2) is 0 Å². The molecule has 2 heteroatoms. The molecule has 0 radical (unpaired) electrons. The Labute approximate surface area is 119 Å². The summed E-state index contributed by atoms with van der Waals surface area (Å²) in [5, 5.41) is 0. The molecular weight excluding hydrogens is 286 g/mol. The van der Waals surface area contributed by atoms with Crippen molar-refractivity contribution in [1.29, 1.82) is 0 Å². The SMILES string of the molecule is Cc1ccc(Br)cc1C(N)C1CCC(C)C(C)C1. The van der Waals surface area contributed by atoms with Crippen LogP contribution in [0.2, 0.25) is 0 Å². The van der Waals surface area contributed by atoms with Crippen molar-refractivity contribution in [2.75, 3.05) is 0 Å². The van der Waals surface area contributed by atoms with Crippen molar-refractivity contribution in [1.82, 2.24) is 0 Å². The van der Waals surface area contributed by atoms with Gasteiger partial charge in [0.2, 0.25) is 0 Å². The molecule has 100 valence electrons. The third kappa shape index (κ3) is 2.97. The molecule has 0 spiro atoms. The number of aryl methyl sites for hydroxylation is 1. The Bertz CT molecular complexity index is 416. The number of halogens is 1. The molecule has 2 rings (SSSR count). The van der Waals surface area contributed by atoms with Gasteiger partial charge in [0, 0.05) is 10.5 Å². The number of benzene rings is 1. The fourth-order valence-electron chi connectivity index (χ4n) is 3.14. The smallest absolute Gasteiger partial charge is 0.0326 e. The zero-order chi connectivity index (χ0) is 13.3. The summed E-state index contributed by atoms with van der Waals surface area (Å²) >= 11 is 3.55. The maximum absolute atomic E-state index is 6.53. The van der Waals surface area contributed by atoms with E-state index >= 15 is 0 Å². The summed E-state index contributed by atoms with van der Waals surface area (Å²) in [6.45, 7) is 6.91. The van der Waals surface area contributed by atoms with Crippen LogP contribution in [0.3, 0.4) is 0 Å². The molecular formula is C16H24BrN. The van der Waals surface area contributed by atoms with E-state index in [1.807, 2.05) is 0 Å². The second-order valence-electron chi connectivity index (χ2n) is 6.05. The lowest BCUT2D eigenvalue weighted by molar-refractivity contribution is 0.186. The lowest BCUT2D eigenvalue weighted by Gasteiger charge is -2.35. The quantitative estimate of drug-likeness (QED) is 0.832. The maximum atomic E-state index is 6.53. The Kier molecular flexibility index (Phi) is 4.50. The van der Waals surface area contributed by atoms with E-state index in [0.29, 0.717) is 5.92 Å². The summed E-state index contributed by atoms with van der Waals surface area (Å²) in [4.78, 5) is 0. The van der Waals surface area contributed by atoms with Crippen molar-refractivity contribution in [2.24, 2.45) is 23.5 Å². The molecule has 1 fully saturated rings. The highest BCUT2D eigenvalue weighted by atomic mass is 79.9. The van der Waals surface area contributed by atoms with Crippen molar-refractivity contribution in [3.63, 3.8) is 0 Å². The highest BCUT2D eigenvalue weighted by Crippen LogP contribution is 2.39. The number of hydrogen-bond donors (Lipinski definition) is 1. The average Bonchev–Trinajstić information content (AvgIpc) is 2.35. The monoisotopic (exact) mass is 309 g/mol. The molecule has 0 amide bonds. The van der Waals surface area contributed by atoms with Crippen molar-refractivity contribution >= 4 is 15.9 Å². The van der Waals surface area contributed by atoms with Crippen LogP contribution in [0.4, 0.5) is 0 Å². The summed E-state index contributed by atoms with van der Waals surface area (Å²) in [5.74, 6) is 2.31. The van der Waals surface area contributed by atoms with Crippen LogP contribution in [0, 0.1) is 24.7 Å². The first-order valence-corrected chi connectivity index (χ1v) is 7.80. The van der Waals surface area contributed by atoms with E-state index in [-0.39, 0.29) is 6.04 Å². The molecule has 0 aliphatic heterocycles. The molecule has 0 saturated heterocycles. The topological polar surface area (TPSA) is 26.0 Å². The first kappa shape index (κ1) is 14.1. The van der Waals surface area contributed by atoms with Gasteiger partial charge in [-0.05, 0) is 60.8 Å². The van der Waals surface area contributed by atoms with Gasteiger partial charge in [-0.1, -0.05) is 42.3 Å². The van der Waals surface area contributed by atoms with Crippen LogP contribution in [0.5, 0.6) is 0 Å². The van der Waals surface area contributed by atoms with Crippen LogP contribution in [0.1, 0.15) is 50.3 Å². The van der Waals surface area contributed by atoms with Crippen LogP contribution >= 0.6 is 15.9 Å². The van der Waals surface area contributed by atoms with Gasteiger partial charge in [0.05, 0.1) is 0 Å². The maximum Gasteiger partial charge on any atom is 0.0326 e. The van der Waals surface area contributed by atoms with E-state index in [9.17, 15) is 0 Å². The van der Waals surface area contributed by atoms with Gasteiger partial charge in [-0.15, -0.1) is 0 Å². The second-order valence-corrected chi connectivity index (χ2v) is 6.97. The van der Waals surface area contributed by atoms with E-state index in [2.05, 4.69) is 54.9 Å². The molecule has 0 aromatic heterocycles. The molecule has 1 aliphatic rings. The summed E-state index contributed by atoms with van der Waals surface area (Å²) < 4.78 is 1.13. The van der Waals surface area contributed by atoms with Crippen molar-refractivity contribution in [3.05, 3.63) is 33.8 Å². The first-order chi connectivity index (χ1) is 8.49. The molecule has 18 heavy (non-hydrogen) atoms. The van der Waals surface area contributed by atoms with Crippen molar-refractivity contribution in [3.8, 4) is 0 Å². The van der Waals surface area contributed by atoms with E-state index < -0.39 is 0 Å². The largest absolute Gasteiger partial charge is 0.324 e. The fraction of sp³-hybridized carbons (Fsp3) is 0.625. The third-order valence-electron chi connectivity index (χ3n) is 4.75. The molecule has 2 N–H and O–H groups in total. The second kappa shape index (κ2) is 5.75. The van der Waals surface area contributed by atoms with Crippen LogP contribution < -0.4 is 5.73 Å². The highest BCUT2D eigenvalue weighted by molar-refractivity contribution is 9.10. The van der Waals surface area contributed by atoms with Gasteiger partial charge in [-0.3, -0.25) is 0 Å². The van der Waals surface area contributed by atoms with Gasteiger partial charge < -0.3 is 5.73 Å².